The Bertz CT molecular complexity index is 192. The van der Waals surface area contributed by atoms with E-state index in [4.69, 9.17) is 4.74 Å². The topological polar surface area (TPSA) is 50.4 Å². The fraction of sp³-hybridized carbons (Fsp3) is 0.900. The van der Waals surface area contributed by atoms with E-state index in [2.05, 4.69) is 10.6 Å². The second-order valence-electron chi connectivity index (χ2n) is 4.17. The van der Waals surface area contributed by atoms with Crippen LogP contribution in [0.2, 0.25) is 0 Å². The molecule has 4 heteroatoms. The van der Waals surface area contributed by atoms with Crippen molar-refractivity contribution in [3.63, 3.8) is 0 Å². The van der Waals surface area contributed by atoms with E-state index in [1.54, 1.807) is 0 Å². The minimum atomic E-state index is 0.0200. The zero-order valence-corrected chi connectivity index (χ0v) is 8.42. The summed E-state index contributed by atoms with van der Waals surface area (Å²) in [4.78, 5) is 10.9. The van der Waals surface area contributed by atoms with Crippen molar-refractivity contribution in [1.29, 1.82) is 0 Å². The molecular weight excluding hydrogens is 180 g/mol. The fourth-order valence-corrected chi connectivity index (χ4v) is 2.17. The highest BCUT2D eigenvalue weighted by atomic mass is 16.5. The Morgan fingerprint density at radius 2 is 2.14 bits per heavy atom. The standard InChI is InChI=1S/C10H18N2O2/c13-10-7-14-9(6-12-10)5-8-1-3-11-4-2-8/h8-9,11H,1-7H2,(H,12,13). The Hall–Kier alpha value is -0.610. The fourth-order valence-electron chi connectivity index (χ4n) is 2.17. The number of nitrogens with one attached hydrogen (secondary N) is 2. The molecule has 1 amide bonds. The van der Waals surface area contributed by atoms with Crippen LogP contribution < -0.4 is 10.6 Å². The Morgan fingerprint density at radius 3 is 2.79 bits per heavy atom. The molecule has 2 aliphatic rings. The van der Waals surface area contributed by atoms with Crippen molar-refractivity contribution >= 4 is 5.91 Å². The van der Waals surface area contributed by atoms with Crippen LogP contribution >= 0.6 is 0 Å². The average Bonchev–Trinajstić information content (AvgIpc) is 2.23. The number of morpholine rings is 1. The van der Waals surface area contributed by atoms with E-state index in [0.717, 1.165) is 25.4 Å². The van der Waals surface area contributed by atoms with Gasteiger partial charge in [0, 0.05) is 6.54 Å². The number of ether oxygens (including phenoxy) is 1. The molecule has 4 nitrogen and oxygen atoms in total. The monoisotopic (exact) mass is 198 g/mol. The molecule has 80 valence electrons. The van der Waals surface area contributed by atoms with E-state index in [0.29, 0.717) is 6.54 Å². The highest BCUT2D eigenvalue weighted by molar-refractivity contribution is 5.77. The molecule has 0 spiro atoms. The summed E-state index contributed by atoms with van der Waals surface area (Å²) in [5.41, 5.74) is 0. The Kier molecular flexibility index (Phi) is 3.37. The predicted molar refractivity (Wildman–Crippen MR) is 53.0 cm³/mol. The van der Waals surface area contributed by atoms with Crippen LogP contribution in [-0.4, -0.2) is 38.3 Å². The molecule has 1 atom stereocenters. The van der Waals surface area contributed by atoms with Gasteiger partial charge in [0.15, 0.2) is 0 Å². The number of carbonyl (C=O) groups excluding carboxylic acids is 1. The number of amides is 1. The maximum Gasteiger partial charge on any atom is 0.246 e. The average molecular weight is 198 g/mol. The molecule has 0 aromatic heterocycles. The number of hydrogen-bond donors (Lipinski definition) is 2. The molecule has 0 saturated carbocycles. The summed E-state index contributed by atoms with van der Waals surface area (Å²) in [6.45, 7) is 3.20. The molecule has 2 aliphatic heterocycles. The van der Waals surface area contributed by atoms with Crippen LogP contribution in [0, 0.1) is 5.92 Å². The SMILES string of the molecule is O=C1COC(CC2CCNCC2)CN1. The van der Waals surface area contributed by atoms with Gasteiger partial charge in [0.1, 0.15) is 6.61 Å². The first-order chi connectivity index (χ1) is 6.84. The molecule has 14 heavy (non-hydrogen) atoms. The third-order valence-electron chi connectivity index (χ3n) is 3.03. The van der Waals surface area contributed by atoms with Crippen LogP contribution in [-0.2, 0) is 9.53 Å². The van der Waals surface area contributed by atoms with E-state index >= 15 is 0 Å². The summed E-state index contributed by atoms with van der Waals surface area (Å²) in [7, 11) is 0. The Labute approximate surface area is 84.4 Å². The van der Waals surface area contributed by atoms with Gasteiger partial charge in [-0.05, 0) is 38.3 Å². The predicted octanol–water partition coefficient (Wildman–Crippen LogP) is -0.109. The van der Waals surface area contributed by atoms with Gasteiger partial charge in [0.25, 0.3) is 0 Å². The van der Waals surface area contributed by atoms with Crippen molar-refractivity contribution in [2.75, 3.05) is 26.2 Å². The van der Waals surface area contributed by atoms with Gasteiger partial charge in [-0.25, -0.2) is 0 Å². The maximum absolute atomic E-state index is 10.9. The minimum absolute atomic E-state index is 0.0200. The van der Waals surface area contributed by atoms with E-state index in [1.165, 1.54) is 12.8 Å². The van der Waals surface area contributed by atoms with Crippen molar-refractivity contribution in [2.24, 2.45) is 5.92 Å². The molecule has 2 saturated heterocycles. The largest absolute Gasteiger partial charge is 0.367 e. The van der Waals surface area contributed by atoms with Crippen LogP contribution in [0.1, 0.15) is 19.3 Å². The number of carbonyl (C=O) groups is 1. The van der Waals surface area contributed by atoms with E-state index in [1.807, 2.05) is 0 Å². The minimum Gasteiger partial charge on any atom is -0.367 e. The van der Waals surface area contributed by atoms with Crippen LogP contribution in [0.5, 0.6) is 0 Å². The second-order valence-corrected chi connectivity index (χ2v) is 4.17. The van der Waals surface area contributed by atoms with E-state index in [9.17, 15) is 4.79 Å². The van der Waals surface area contributed by atoms with Crippen molar-refractivity contribution in [3.8, 4) is 0 Å². The molecule has 2 N–H and O–H groups in total. The summed E-state index contributed by atoms with van der Waals surface area (Å²) in [6, 6.07) is 0. The zero-order valence-electron chi connectivity index (χ0n) is 8.42. The first-order valence-corrected chi connectivity index (χ1v) is 5.43. The molecule has 2 heterocycles. The highest BCUT2D eigenvalue weighted by Crippen LogP contribution is 2.19. The third-order valence-corrected chi connectivity index (χ3v) is 3.03. The summed E-state index contributed by atoms with van der Waals surface area (Å²) in [5.74, 6) is 0.794. The number of piperidine rings is 1. The smallest absolute Gasteiger partial charge is 0.246 e. The molecular formula is C10H18N2O2. The third kappa shape index (κ3) is 2.69. The number of hydrogen-bond acceptors (Lipinski definition) is 3. The highest BCUT2D eigenvalue weighted by Gasteiger charge is 2.23. The summed E-state index contributed by atoms with van der Waals surface area (Å²) < 4.78 is 5.46. The van der Waals surface area contributed by atoms with Gasteiger partial charge in [-0.2, -0.15) is 0 Å². The van der Waals surface area contributed by atoms with Crippen LogP contribution in [0.4, 0.5) is 0 Å². The maximum atomic E-state index is 10.9. The van der Waals surface area contributed by atoms with Gasteiger partial charge in [0.2, 0.25) is 5.91 Å². The van der Waals surface area contributed by atoms with Crippen LogP contribution in [0.15, 0.2) is 0 Å². The summed E-state index contributed by atoms with van der Waals surface area (Å²) in [6.07, 6.45) is 3.83. The Morgan fingerprint density at radius 1 is 1.36 bits per heavy atom. The molecule has 1 unspecified atom stereocenters. The van der Waals surface area contributed by atoms with Crippen LogP contribution in [0.3, 0.4) is 0 Å². The second kappa shape index (κ2) is 4.75. The summed E-state index contributed by atoms with van der Waals surface area (Å²) in [5, 5.41) is 6.19. The van der Waals surface area contributed by atoms with Crippen molar-refractivity contribution in [3.05, 3.63) is 0 Å². The van der Waals surface area contributed by atoms with Crippen molar-refractivity contribution in [1.82, 2.24) is 10.6 Å². The van der Waals surface area contributed by atoms with Crippen LogP contribution in [0.25, 0.3) is 0 Å². The molecule has 0 radical (unpaired) electrons. The van der Waals surface area contributed by atoms with Crippen molar-refractivity contribution < 1.29 is 9.53 Å². The van der Waals surface area contributed by atoms with E-state index < -0.39 is 0 Å². The lowest BCUT2D eigenvalue weighted by atomic mass is 9.92. The lowest BCUT2D eigenvalue weighted by Gasteiger charge is -2.29. The van der Waals surface area contributed by atoms with Gasteiger partial charge in [0.05, 0.1) is 6.10 Å². The van der Waals surface area contributed by atoms with Crippen molar-refractivity contribution in [2.45, 2.75) is 25.4 Å². The summed E-state index contributed by atoms with van der Waals surface area (Å²) >= 11 is 0. The lowest BCUT2D eigenvalue weighted by Crippen LogP contribution is -2.44. The normalized spacial score (nSPS) is 30.0. The van der Waals surface area contributed by atoms with Gasteiger partial charge in [-0.15, -0.1) is 0 Å². The van der Waals surface area contributed by atoms with Gasteiger partial charge >= 0.3 is 0 Å². The first-order valence-electron chi connectivity index (χ1n) is 5.43. The molecule has 2 fully saturated rings. The molecule has 0 aromatic rings. The number of rotatable bonds is 2. The lowest BCUT2D eigenvalue weighted by molar-refractivity contribution is -0.133. The molecule has 0 aliphatic carbocycles. The molecule has 2 rings (SSSR count). The first kappa shape index (κ1) is 9.93. The quantitative estimate of drug-likeness (QED) is 0.651. The molecule has 0 aromatic carbocycles. The van der Waals surface area contributed by atoms with Gasteiger partial charge in [-0.3, -0.25) is 4.79 Å². The zero-order chi connectivity index (χ0) is 9.80. The molecule has 0 bridgehead atoms. The van der Waals surface area contributed by atoms with E-state index in [-0.39, 0.29) is 18.6 Å². The Balaban J connectivity index is 1.71. The van der Waals surface area contributed by atoms with Gasteiger partial charge < -0.3 is 15.4 Å². The van der Waals surface area contributed by atoms with Gasteiger partial charge in [-0.1, -0.05) is 0 Å².